The molecule has 2 aromatic rings. The van der Waals surface area contributed by atoms with E-state index in [2.05, 4.69) is 68.7 Å². The van der Waals surface area contributed by atoms with Crippen LogP contribution in [0.25, 0.3) is 10.2 Å². The lowest BCUT2D eigenvalue weighted by Gasteiger charge is -2.08. The molecule has 0 aliphatic heterocycles. The van der Waals surface area contributed by atoms with Crippen LogP contribution in [0.2, 0.25) is 0 Å². The van der Waals surface area contributed by atoms with Crippen LogP contribution in [0.1, 0.15) is 33.7 Å². The Bertz CT molecular complexity index is 691. The van der Waals surface area contributed by atoms with Gasteiger partial charge in [0.15, 0.2) is 4.80 Å². The fourth-order valence-electron chi connectivity index (χ4n) is 2.06. The third-order valence-corrected chi connectivity index (χ3v) is 3.91. The number of hydrogen-bond acceptors (Lipinski definition) is 2. The summed E-state index contributed by atoms with van der Waals surface area (Å²) < 4.78 is 3.58. The number of thiazole rings is 1. The highest BCUT2D eigenvalue weighted by Gasteiger charge is 2.07. The van der Waals surface area contributed by atoms with Crippen molar-refractivity contribution in [1.29, 1.82) is 0 Å². The van der Waals surface area contributed by atoms with Crippen molar-refractivity contribution in [3.63, 3.8) is 0 Å². The molecule has 1 aromatic heterocycles. The zero-order valence-electron chi connectivity index (χ0n) is 12.6. The zero-order valence-corrected chi connectivity index (χ0v) is 13.4. The van der Waals surface area contributed by atoms with E-state index >= 15 is 0 Å². The lowest BCUT2D eigenvalue weighted by Crippen LogP contribution is -2.18. The minimum atomic E-state index is 0.308. The third-order valence-electron chi connectivity index (χ3n) is 2.86. The minimum absolute atomic E-state index is 0.308. The molecule has 3 heteroatoms. The number of nitrogens with zero attached hydrogens (tertiary/aromatic N) is 2. The molecule has 0 aliphatic carbocycles. The van der Waals surface area contributed by atoms with Gasteiger partial charge in [0.2, 0.25) is 0 Å². The molecule has 0 N–H and O–H groups in total. The van der Waals surface area contributed by atoms with Crippen LogP contribution in [0.5, 0.6) is 0 Å². The predicted octanol–water partition coefficient (Wildman–Crippen LogP) is 4.72. The van der Waals surface area contributed by atoms with Crippen LogP contribution in [-0.2, 0) is 0 Å². The summed E-state index contributed by atoms with van der Waals surface area (Å²) >= 11 is 1.76. The molecular formula is C17H22N2S. The fourth-order valence-corrected chi connectivity index (χ4v) is 3.34. The maximum atomic E-state index is 4.77. The van der Waals surface area contributed by atoms with Gasteiger partial charge in [-0.05, 0) is 39.8 Å². The second-order valence-corrected chi connectivity index (χ2v) is 6.32. The number of fused-ring (bicyclic) bond motifs is 1. The van der Waals surface area contributed by atoms with Gasteiger partial charge >= 0.3 is 0 Å². The Morgan fingerprint density at radius 1 is 0.900 bits per heavy atom. The van der Waals surface area contributed by atoms with E-state index in [0.717, 1.165) is 4.80 Å². The van der Waals surface area contributed by atoms with Crippen LogP contribution < -0.4 is 4.80 Å². The van der Waals surface area contributed by atoms with E-state index in [1.165, 1.54) is 10.2 Å². The lowest BCUT2D eigenvalue weighted by molar-refractivity contribution is 0.593. The van der Waals surface area contributed by atoms with Crippen LogP contribution in [0.3, 0.4) is 0 Å². The maximum Gasteiger partial charge on any atom is 0.186 e. The summed E-state index contributed by atoms with van der Waals surface area (Å²) in [6.07, 6.45) is 0. The SMILES string of the molecule is CC(C)/N=c1\sc2ccccccccc2n1C(C)C. The maximum absolute atomic E-state index is 4.77. The monoisotopic (exact) mass is 286 g/mol. The van der Waals surface area contributed by atoms with Gasteiger partial charge in [-0.1, -0.05) is 47.7 Å². The summed E-state index contributed by atoms with van der Waals surface area (Å²) in [5.74, 6) is 0. The summed E-state index contributed by atoms with van der Waals surface area (Å²) in [5.41, 5.74) is 1.24. The third kappa shape index (κ3) is 3.48. The molecule has 0 unspecified atom stereocenters. The van der Waals surface area contributed by atoms with Crippen molar-refractivity contribution in [1.82, 2.24) is 4.57 Å². The van der Waals surface area contributed by atoms with E-state index in [-0.39, 0.29) is 0 Å². The molecule has 0 fully saturated rings. The molecule has 20 heavy (non-hydrogen) atoms. The van der Waals surface area contributed by atoms with Gasteiger partial charge < -0.3 is 4.57 Å². The first kappa shape index (κ1) is 14.8. The van der Waals surface area contributed by atoms with Crippen LogP contribution in [0.4, 0.5) is 0 Å². The van der Waals surface area contributed by atoms with Crippen molar-refractivity contribution in [2.24, 2.45) is 4.99 Å². The van der Waals surface area contributed by atoms with E-state index in [9.17, 15) is 0 Å². The Labute approximate surface area is 124 Å². The van der Waals surface area contributed by atoms with E-state index < -0.39 is 0 Å². The quantitative estimate of drug-likeness (QED) is 0.760. The Hall–Kier alpha value is -1.61. The summed E-state index contributed by atoms with van der Waals surface area (Å²) in [6, 6.07) is 17.4. The normalized spacial score (nSPS) is 12.2. The molecule has 1 aromatic carbocycles. The zero-order chi connectivity index (χ0) is 14.5. The van der Waals surface area contributed by atoms with Gasteiger partial charge in [0.05, 0.1) is 10.2 Å². The van der Waals surface area contributed by atoms with Gasteiger partial charge in [-0.25, -0.2) is 0 Å². The van der Waals surface area contributed by atoms with Crippen molar-refractivity contribution in [3.05, 3.63) is 53.3 Å². The van der Waals surface area contributed by atoms with Crippen molar-refractivity contribution in [3.8, 4) is 0 Å². The second kappa shape index (κ2) is 6.71. The molecule has 0 aliphatic rings. The van der Waals surface area contributed by atoms with Crippen LogP contribution in [0, 0.1) is 0 Å². The van der Waals surface area contributed by atoms with Gasteiger partial charge in [-0.15, -0.1) is 0 Å². The molecule has 0 atom stereocenters. The smallest absolute Gasteiger partial charge is 0.186 e. The average molecular weight is 286 g/mol. The largest absolute Gasteiger partial charge is 0.314 e. The van der Waals surface area contributed by atoms with Crippen LogP contribution in [-0.4, -0.2) is 10.6 Å². The molecule has 2 rings (SSSR count). The van der Waals surface area contributed by atoms with E-state index in [4.69, 9.17) is 4.99 Å². The Kier molecular flexibility index (Phi) is 4.96. The second-order valence-electron chi connectivity index (χ2n) is 5.31. The lowest BCUT2D eigenvalue weighted by atomic mass is 10.3. The van der Waals surface area contributed by atoms with Crippen molar-refractivity contribution >= 4 is 21.6 Å². The molecule has 1 heterocycles. The summed E-state index contributed by atoms with van der Waals surface area (Å²) in [7, 11) is 0. The first-order chi connectivity index (χ1) is 9.59. The van der Waals surface area contributed by atoms with E-state index in [1.54, 1.807) is 11.3 Å². The molecule has 0 radical (unpaired) electrons. The molecule has 2 nitrogen and oxygen atoms in total. The molecule has 0 amide bonds. The van der Waals surface area contributed by atoms with Crippen molar-refractivity contribution < 1.29 is 0 Å². The van der Waals surface area contributed by atoms with Gasteiger partial charge in [0.25, 0.3) is 0 Å². The number of aromatic nitrogens is 1. The standard InChI is InChI=1S/C17H22N2S/c1-13(2)18-17-19(14(3)4)15-11-9-7-5-6-8-10-12-16(15)20-17/h5-14H,1-4H3/b6-5?,7-5?,8-6?,9-7?,10-8?,11-9?,12-10?,15-11?,16-12?,18-17-. The Balaban J connectivity index is 2.88. The fraction of sp³-hybridized carbons (Fsp3) is 0.353. The molecular weight excluding hydrogens is 264 g/mol. The highest BCUT2D eigenvalue weighted by atomic mass is 32.1. The van der Waals surface area contributed by atoms with Crippen molar-refractivity contribution in [2.45, 2.75) is 39.8 Å². The minimum Gasteiger partial charge on any atom is -0.314 e. The number of hydrogen-bond donors (Lipinski definition) is 0. The summed E-state index contributed by atoms with van der Waals surface area (Å²) in [5, 5.41) is 0. The first-order valence-corrected chi connectivity index (χ1v) is 7.88. The van der Waals surface area contributed by atoms with E-state index in [0.29, 0.717) is 12.1 Å². The van der Waals surface area contributed by atoms with E-state index in [1.807, 2.05) is 12.1 Å². The van der Waals surface area contributed by atoms with Gasteiger partial charge in [-0.2, -0.15) is 0 Å². The topological polar surface area (TPSA) is 17.3 Å². The molecule has 0 spiro atoms. The number of rotatable bonds is 2. The average Bonchev–Trinajstić information content (AvgIpc) is 2.70. The first-order valence-electron chi connectivity index (χ1n) is 7.07. The molecule has 0 bridgehead atoms. The Morgan fingerprint density at radius 2 is 1.50 bits per heavy atom. The molecule has 106 valence electrons. The summed E-state index contributed by atoms with van der Waals surface area (Å²) in [6.45, 7) is 8.65. The molecule has 0 saturated heterocycles. The van der Waals surface area contributed by atoms with Gasteiger partial charge in [0, 0.05) is 12.1 Å². The Morgan fingerprint density at radius 3 is 2.10 bits per heavy atom. The van der Waals surface area contributed by atoms with Gasteiger partial charge in [-0.3, -0.25) is 4.99 Å². The van der Waals surface area contributed by atoms with Gasteiger partial charge in [0.1, 0.15) is 0 Å². The van der Waals surface area contributed by atoms with Crippen LogP contribution in [0.15, 0.2) is 53.5 Å². The van der Waals surface area contributed by atoms with Crippen molar-refractivity contribution in [2.75, 3.05) is 0 Å². The predicted molar refractivity (Wildman–Crippen MR) is 88.5 cm³/mol. The highest BCUT2D eigenvalue weighted by Crippen LogP contribution is 2.18. The molecule has 0 saturated carbocycles. The van der Waals surface area contributed by atoms with Crippen LogP contribution >= 0.6 is 11.3 Å². The summed E-state index contributed by atoms with van der Waals surface area (Å²) in [4.78, 5) is 5.87. The highest BCUT2D eigenvalue weighted by molar-refractivity contribution is 7.16.